The van der Waals surface area contributed by atoms with Gasteiger partial charge in [-0.05, 0) is 30.5 Å². The molecule has 0 amide bonds. The molecule has 0 N–H and O–H groups in total. The van der Waals surface area contributed by atoms with Gasteiger partial charge in [-0.3, -0.25) is 0 Å². The van der Waals surface area contributed by atoms with Crippen molar-refractivity contribution in [1.29, 1.82) is 0 Å². The summed E-state index contributed by atoms with van der Waals surface area (Å²) in [6.45, 7) is 3.79. The molecule has 2 aromatic carbocycles. The van der Waals surface area contributed by atoms with Crippen LogP contribution in [-0.4, -0.2) is 0 Å². The lowest BCUT2D eigenvalue weighted by Crippen LogP contribution is -2.36. The van der Waals surface area contributed by atoms with Crippen molar-refractivity contribution in [1.82, 2.24) is 0 Å². The molecule has 0 fully saturated rings. The van der Waals surface area contributed by atoms with Crippen molar-refractivity contribution < 1.29 is 22.3 Å². The van der Waals surface area contributed by atoms with E-state index >= 15 is 0 Å². The van der Waals surface area contributed by atoms with E-state index in [2.05, 4.69) is 0 Å². The van der Waals surface area contributed by atoms with Gasteiger partial charge in [0.05, 0.1) is 11.1 Å². The highest BCUT2D eigenvalue weighted by Gasteiger charge is 2.35. The van der Waals surface area contributed by atoms with E-state index in [1.165, 1.54) is 12.1 Å². The number of halogens is 3. The maximum Gasteiger partial charge on any atom is 0.416 e. The number of aryl methyl sites for hydroxylation is 2. The molecule has 0 aliphatic carbocycles. The van der Waals surface area contributed by atoms with Gasteiger partial charge in [0.2, 0.25) is 11.4 Å². The van der Waals surface area contributed by atoms with E-state index in [0.717, 1.165) is 27.7 Å². The summed E-state index contributed by atoms with van der Waals surface area (Å²) in [6, 6.07) is 17.9. The Morgan fingerprint density at radius 3 is 2.21 bits per heavy atom. The van der Waals surface area contributed by atoms with E-state index in [1.54, 1.807) is 0 Å². The van der Waals surface area contributed by atoms with Gasteiger partial charge >= 0.3 is 6.18 Å². The zero-order valence-electron chi connectivity index (χ0n) is 16.5. The Hall–Kier alpha value is -3.21. The molecule has 0 unspecified atom stereocenters. The first-order valence-electron chi connectivity index (χ1n) is 9.34. The second-order valence-electron chi connectivity index (χ2n) is 7.28. The predicted molar refractivity (Wildman–Crippen MR) is 107 cm³/mol. The van der Waals surface area contributed by atoms with Crippen LogP contribution in [0.2, 0.25) is 0 Å². The number of alkyl halides is 3. The van der Waals surface area contributed by atoms with Crippen LogP contribution in [0.25, 0.3) is 27.7 Å². The summed E-state index contributed by atoms with van der Waals surface area (Å²) in [4.78, 5) is 0. The van der Waals surface area contributed by atoms with E-state index in [-0.39, 0.29) is 0 Å². The molecular weight excluding hydrogens is 373 g/mol. The van der Waals surface area contributed by atoms with Crippen molar-refractivity contribution in [2.45, 2.75) is 20.0 Å². The Balaban J connectivity index is 2.05. The molecule has 4 aromatic rings. The van der Waals surface area contributed by atoms with Crippen LogP contribution in [0.1, 0.15) is 16.8 Å². The average molecular weight is 394 g/mol. The normalized spacial score (nSPS) is 11.8. The van der Waals surface area contributed by atoms with Crippen LogP contribution in [0.4, 0.5) is 13.2 Å². The molecule has 0 atom stereocenters. The number of nitrogens with zero attached hydrogens (tertiary/aromatic N) is 2. The smallest absolute Gasteiger partial charge is 0.201 e. The first-order chi connectivity index (χ1) is 13.8. The molecule has 0 bridgehead atoms. The van der Waals surface area contributed by atoms with Gasteiger partial charge in [-0.1, -0.05) is 18.2 Å². The highest BCUT2D eigenvalue weighted by atomic mass is 19.4. The van der Waals surface area contributed by atoms with E-state index in [9.17, 15) is 13.2 Å². The third kappa shape index (κ3) is 3.48. The quantitative estimate of drug-likeness (QED) is 0.411. The molecule has 0 aliphatic heterocycles. The minimum Gasteiger partial charge on any atom is -0.201 e. The first-order valence-corrected chi connectivity index (χ1v) is 9.34. The molecule has 2 nitrogen and oxygen atoms in total. The lowest BCUT2D eigenvalue weighted by Gasteiger charge is -2.13. The van der Waals surface area contributed by atoms with Crippen molar-refractivity contribution in [2.24, 2.45) is 7.05 Å². The highest BCUT2D eigenvalue weighted by Crippen LogP contribution is 2.35. The van der Waals surface area contributed by atoms with Crippen LogP contribution in [0.3, 0.4) is 0 Å². The number of rotatable bonds is 2. The zero-order valence-corrected chi connectivity index (χ0v) is 16.5. The molecule has 29 heavy (non-hydrogen) atoms. The first kappa shape index (κ1) is 19.1. The fourth-order valence-corrected chi connectivity index (χ4v) is 3.74. The molecular formula is C24H21F3N2+2. The van der Waals surface area contributed by atoms with Gasteiger partial charge in [-0.2, -0.15) is 17.7 Å². The molecule has 5 heteroatoms. The Labute approximate surface area is 167 Å². The molecule has 146 valence electrons. The zero-order chi connectivity index (χ0) is 20.8. The van der Waals surface area contributed by atoms with E-state index in [4.69, 9.17) is 0 Å². The average Bonchev–Trinajstić information content (AvgIpc) is 2.67. The fourth-order valence-electron chi connectivity index (χ4n) is 3.74. The topological polar surface area (TPSA) is 7.76 Å². The third-order valence-electron chi connectivity index (χ3n) is 5.31. The summed E-state index contributed by atoms with van der Waals surface area (Å²) >= 11 is 0. The fraction of sp³-hybridized carbons (Fsp3) is 0.167. The van der Waals surface area contributed by atoms with Crippen molar-refractivity contribution in [3.8, 4) is 16.9 Å². The molecule has 0 saturated heterocycles. The van der Waals surface area contributed by atoms with Crippen molar-refractivity contribution in [3.63, 3.8) is 0 Å². The molecule has 2 aromatic heterocycles. The van der Waals surface area contributed by atoms with Crippen LogP contribution in [0, 0.1) is 13.8 Å². The Morgan fingerprint density at radius 1 is 0.828 bits per heavy atom. The van der Waals surface area contributed by atoms with Crippen molar-refractivity contribution >= 4 is 10.8 Å². The lowest BCUT2D eigenvalue weighted by molar-refractivity contribution is -0.660. The molecule has 0 aliphatic rings. The monoisotopic (exact) mass is 394 g/mol. The largest absolute Gasteiger partial charge is 0.416 e. The SMILES string of the molecule is Cc1c(-c2cccc[n+]2C)cc(C(F)(F)F)cc1-[n+]1cc2ccccc2cc1C. The minimum atomic E-state index is -4.43. The van der Waals surface area contributed by atoms with Crippen LogP contribution >= 0.6 is 0 Å². The van der Waals surface area contributed by atoms with Gasteiger partial charge in [-0.15, -0.1) is 0 Å². The molecule has 0 radical (unpaired) electrons. The summed E-state index contributed by atoms with van der Waals surface area (Å²) in [7, 11) is 1.84. The van der Waals surface area contributed by atoms with Gasteiger partial charge in [-0.25, -0.2) is 4.57 Å². The van der Waals surface area contributed by atoms with Gasteiger partial charge in [0.25, 0.3) is 0 Å². The summed E-state index contributed by atoms with van der Waals surface area (Å²) < 4.78 is 44.9. The van der Waals surface area contributed by atoms with Gasteiger partial charge in [0.1, 0.15) is 7.05 Å². The number of fused-ring (bicyclic) bond motifs is 1. The van der Waals surface area contributed by atoms with Crippen LogP contribution in [-0.2, 0) is 13.2 Å². The van der Waals surface area contributed by atoms with E-state index in [1.807, 2.05) is 91.0 Å². The number of aromatic nitrogens is 2. The summed E-state index contributed by atoms with van der Waals surface area (Å²) in [5, 5.41) is 2.03. The van der Waals surface area contributed by atoms with Crippen LogP contribution in [0.15, 0.2) is 73.1 Å². The standard InChI is InChI=1S/C24H21F3N2/c1-16-12-18-8-4-5-9-19(18)15-29(16)23-14-20(24(25,26)27)13-21(17(23)2)22-10-6-7-11-28(22)3/h4-15H,1-3H3/q+2. The second-order valence-corrected chi connectivity index (χ2v) is 7.28. The summed E-state index contributed by atoms with van der Waals surface area (Å²) in [5.41, 5.74) is 2.84. The minimum absolute atomic E-state index is 0.530. The highest BCUT2D eigenvalue weighted by molar-refractivity contribution is 5.81. The molecule has 4 rings (SSSR count). The Kier molecular flexibility index (Phi) is 4.61. The number of hydrogen-bond donors (Lipinski definition) is 0. The number of pyridine rings is 2. The Morgan fingerprint density at radius 2 is 1.52 bits per heavy atom. The lowest BCUT2D eigenvalue weighted by atomic mass is 9.98. The molecule has 0 saturated carbocycles. The van der Waals surface area contributed by atoms with Crippen molar-refractivity contribution in [2.75, 3.05) is 0 Å². The van der Waals surface area contributed by atoms with E-state index < -0.39 is 11.7 Å². The van der Waals surface area contributed by atoms with Gasteiger partial charge in [0.15, 0.2) is 18.1 Å². The van der Waals surface area contributed by atoms with Gasteiger partial charge in [0, 0.05) is 42.1 Å². The molecule has 2 heterocycles. The van der Waals surface area contributed by atoms with Crippen LogP contribution < -0.4 is 9.13 Å². The second kappa shape index (κ2) is 6.99. The molecule has 0 spiro atoms. The van der Waals surface area contributed by atoms with E-state index in [0.29, 0.717) is 11.3 Å². The third-order valence-corrected chi connectivity index (χ3v) is 5.31. The van der Waals surface area contributed by atoms with Gasteiger partial charge < -0.3 is 0 Å². The van der Waals surface area contributed by atoms with Crippen molar-refractivity contribution in [3.05, 3.63) is 89.9 Å². The number of hydrogen-bond acceptors (Lipinski definition) is 0. The summed E-state index contributed by atoms with van der Waals surface area (Å²) in [6.07, 6.45) is -0.694. The number of benzene rings is 2. The van der Waals surface area contributed by atoms with Crippen LogP contribution in [0.5, 0.6) is 0 Å². The maximum atomic E-state index is 13.7. The predicted octanol–water partition coefficient (Wildman–Crippen LogP) is 5.24. The Bertz CT molecular complexity index is 1230. The maximum absolute atomic E-state index is 13.7. The summed E-state index contributed by atoms with van der Waals surface area (Å²) in [5.74, 6) is 0.